The van der Waals surface area contributed by atoms with E-state index < -0.39 is 17.8 Å². The molecule has 0 fully saturated rings. The molecule has 0 radical (unpaired) electrons. The highest BCUT2D eigenvalue weighted by atomic mass is 16.5. The number of anilines is 2. The van der Waals surface area contributed by atoms with Crippen LogP contribution in [0.5, 0.6) is 5.75 Å². The molecule has 0 spiro atoms. The second kappa shape index (κ2) is 13.6. The van der Waals surface area contributed by atoms with Crippen molar-refractivity contribution in [2.75, 3.05) is 38.0 Å². The zero-order valence-electron chi connectivity index (χ0n) is 22.1. The number of hydrogen-bond donors (Lipinski definition) is 2. The highest BCUT2D eigenvalue weighted by molar-refractivity contribution is 6.10. The Morgan fingerprint density at radius 1 is 0.868 bits per heavy atom. The molecular formula is C30H33N3O5. The lowest BCUT2D eigenvalue weighted by Crippen LogP contribution is -2.30. The number of amides is 2. The summed E-state index contributed by atoms with van der Waals surface area (Å²) in [6.07, 6.45) is 3.59. The van der Waals surface area contributed by atoms with Gasteiger partial charge in [-0.05, 0) is 78.7 Å². The number of ether oxygens (including phenoxy) is 2. The van der Waals surface area contributed by atoms with E-state index in [0.29, 0.717) is 29.2 Å². The van der Waals surface area contributed by atoms with E-state index in [9.17, 15) is 14.4 Å². The number of rotatable bonds is 11. The molecule has 2 N–H and O–H groups in total. The molecule has 0 saturated carbocycles. The van der Waals surface area contributed by atoms with Crippen LogP contribution in [0, 0.1) is 0 Å². The highest BCUT2D eigenvalue weighted by Crippen LogP contribution is 2.17. The van der Waals surface area contributed by atoms with Crippen LogP contribution in [-0.2, 0) is 9.53 Å². The first-order chi connectivity index (χ1) is 18.3. The first kappa shape index (κ1) is 28.0. The van der Waals surface area contributed by atoms with E-state index in [1.165, 1.54) is 7.11 Å². The second-order valence-corrected chi connectivity index (χ2v) is 8.75. The Morgan fingerprint density at radius 2 is 1.50 bits per heavy atom. The monoisotopic (exact) mass is 515 g/mol. The third kappa shape index (κ3) is 7.96. The van der Waals surface area contributed by atoms with Gasteiger partial charge in [0.05, 0.1) is 19.3 Å². The molecule has 3 aromatic carbocycles. The van der Waals surface area contributed by atoms with Gasteiger partial charge in [0.25, 0.3) is 11.8 Å². The predicted octanol–water partition coefficient (Wildman–Crippen LogP) is 5.13. The maximum Gasteiger partial charge on any atom is 0.337 e. The Labute approximate surface area is 223 Å². The van der Waals surface area contributed by atoms with Crippen LogP contribution in [0.3, 0.4) is 0 Å². The number of esters is 1. The normalized spacial score (nSPS) is 10.9. The molecule has 0 saturated heterocycles. The van der Waals surface area contributed by atoms with Crippen molar-refractivity contribution in [3.05, 3.63) is 95.2 Å². The number of methoxy groups -OCH3 is 1. The van der Waals surface area contributed by atoms with Crippen molar-refractivity contribution in [3.63, 3.8) is 0 Å². The van der Waals surface area contributed by atoms with Gasteiger partial charge in [0.1, 0.15) is 11.4 Å². The lowest BCUT2D eigenvalue weighted by molar-refractivity contribution is -0.113. The largest absolute Gasteiger partial charge is 0.494 e. The van der Waals surface area contributed by atoms with Crippen LogP contribution in [0.15, 0.2) is 78.5 Å². The predicted molar refractivity (Wildman–Crippen MR) is 149 cm³/mol. The van der Waals surface area contributed by atoms with E-state index in [4.69, 9.17) is 9.47 Å². The molecule has 0 heterocycles. The van der Waals surface area contributed by atoms with Gasteiger partial charge in [-0.15, -0.1) is 0 Å². The van der Waals surface area contributed by atoms with Crippen LogP contribution in [0.2, 0.25) is 0 Å². The SMILES string of the molecule is CCCCOc1ccc(C(=O)N/C(=C/c2ccc(N(C)C)cc2)C(=O)Nc2ccc(C(=O)OC)cc2)cc1. The molecule has 198 valence electrons. The van der Waals surface area contributed by atoms with E-state index in [0.717, 1.165) is 24.1 Å². The fourth-order valence-electron chi connectivity index (χ4n) is 3.43. The van der Waals surface area contributed by atoms with Gasteiger partial charge >= 0.3 is 5.97 Å². The first-order valence-electron chi connectivity index (χ1n) is 12.3. The van der Waals surface area contributed by atoms with Crippen molar-refractivity contribution in [1.82, 2.24) is 5.32 Å². The fraction of sp³-hybridized carbons (Fsp3) is 0.233. The van der Waals surface area contributed by atoms with Crippen LogP contribution in [0.1, 0.15) is 46.0 Å². The van der Waals surface area contributed by atoms with E-state index >= 15 is 0 Å². The van der Waals surface area contributed by atoms with Crippen LogP contribution >= 0.6 is 0 Å². The molecule has 0 aromatic heterocycles. The topological polar surface area (TPSA) is 97.0 Å². The summed E-state index contributed by atoms with van der Waals surface area (Å²) < 4.78 is 10.4. The second-order valence-electron chi connectivity index (χ2n) is 8.75. The zero-order valence-corrected chi connectivity index (χ0v) is 22.1. The minimum absolute atomic E-state index is 0.0629. The molecule has 0 atom stereocenters. The van der Waals surface area contributed by atoms with E-state index in [-0.39, 0.29) is 5.70 Å². The Bertz CT molecular complexity index is 1260. The maximum atomic E-state index is 13.2. The van der Waals surface area contributed by atoms with Gasteiger partial charge in [0.2, 0.25) is 0 Å². The molecule has 0 aliphatic heterocycles. The number of benzene rings is 3. The smallest absolute Gasteiger partial charge is 0.337 e. The average Bonchev–Trinajstić information content (AvgIpc) is 2.93. The fourth-order valence-corrected chi connectivity index (χ4v) is 3.43. The first-order valence-corrected chi connectivity index (χ1v) is 12.3. The van der Waals surface area contributed by atoms with Gasteiger partial charge in [0, 0.05) is 31.0 Å². The summed E-state index contributed by atoms with van der Waals surface area (Å²) in [5.74, 6) is -0.739. The molecular weight excluding hydrogens is 482 g/mol. The minimum Gasteiger partial charge on any atom is -0.494 e. The van der Waals surface area contributed by atoms with E-state index in [1.54, 1.807) is 54.6 Å². The molecule has 2 amide bonds. The Balaban J connectivity index is 1.81. The van der Waals surface area contributed by atoms with Gasteiger partial charge < -0.3 is 25.0 Å². The Hall–Kier alpha value is -4.59. The van der Waals surface area contributed by atoms with Gasteiger partial charge in [0.15, 0.2) is 0 Å². The summed E-state index contributed by atoms with van der Waals surface area (Å²) in [7, 11) is 5.18. The number of carbonyl (C=O) groups is 3. The summed E-state index contributed by atoms with van der Waals surface area (Å²) in [4.78, 5) is 39.9. The van der Waals surface area contributed by atoms with Crippen molar-refractivity contribution in [3.8, 4) is 5.75 Å². The number of nitrogens with zero attached hydrogens (tertiary/aromatic N) is 1. The summed E-state index contributed by atoms with van der Waals surface area (Å²) in [5.41, 5.74) is 3.01. The average molecular weight is 516 g/mol. The molecule has 0 aliphatic rings. The molecule has 0 unspecified atom stereocenters. The summed E-state index contributed by atoms with van der Waals surface area (Å²) in [5, 5.41) is 5.50. The Morgan fingerprint density at radius 3 is 2.08 bits per heavy atom. The summed E-state index contributed by atoms with van der Waals surface area (Å²) in [6.45, 7) is 2.70. The molecule has 3 rings (SSSR count). The maximum absolute atomic E-state index is 13.2. The summed E-state index contributed by atoms with van der Waals surface area (Å²) in [6, 6.07) is 20.6. The Kier molecular flexibility index (Phi) is 10.0. The van der Waals surface area contributed by atoms with Crippen molar-refractivity contribution in [1.29, 1.82) is 0 Å². The quantitative estimate of drug-likeness (QED) is 0.209. The number of nitrogens with one attached hydrogen (secondary N) is 2. The van der Waals surface area contributed by atoms with Gasteiger partial charge in [-0.1, -0.05) is 25.5 Å². The van der Waals surface area contributed by atoms with Crippen molar-refractivity contribution in [2.24, 2.45) is 0 Å². The molecule has 3 aromatic rings. The van der Waals surface area contributed by atoms with Gasteiger partial charge in [-0.2, -0.15) is 0 Å². The van der Waals surface area contributed by atoms with Crippen LogP contribution in [-0.4, -0.2) is 45.6 Å². The van der Waals surface area contributed by atoms with E-state index in [2.05, 4.69) is 17.6 Å². The van der Waals surface area contributed by atoms with Crippen LogP contribution in [0.4, 0.5) is 11.4 Å². The molecule has 8 heteroatoms. The molecule has 38 heavy (non-hydrogen) atoms. The third-order valence-corrected chi connectivity index (χ3v) is 5.66. The number of carbonyl (C=O) groups excluding carboxylic acids is 3. The van der Waals surface area contributed by atoms with Crippen LogP contribution in [0.25, 0.3) is 6.08 Å². The molecule has 8 nitrogen and oxygen atoms in total. The lowest BCUT2D eigenvalue weighted by atomic mass is 10.1. The van der Waals surface area contributed by atoms with Gasteiger partial charge in [-0.3, -0.25) is 9.59 Å². The zero-order chi connectivity index (χ0) is 27.5. The van der Waals surface area contributed by atoms with Crippen molar-refractivity contribution in [2.45, 2.75) is 19.8 Å². The number of unbranched alkanes of at least 4 members (excludes halogenated alkanes) is 1. The van der Waals surface area contributed by atoms with Crippen molar-refractivity contribution >= 4 is 35.2 Å². The number of hydrogen-bond acceptors (Lipinski definition) is 6. The molecule has 0 aliphatic carbocycles. The molecule has 0 bridgehead atoms. The highest BCUT2D eigenvalue weighted by Gasteiger charge is 2.16. The van der Waals surface area contributed by atoms with E-state index in [1.807, 2.05) is 43.3 Å². The summed E-state index contributed by atoms with van der Waals surface area (Å²) >= 11 is 0. The third-order valence-electron chi connectivity index (χ3n) is 5.66. The van der Waals surface area contributed by atoms with Crippen molar-refractivity contribution < 1.29 is 23.9 Å². The minimum atomic E-state index is -0.514. The lowest BCUT2D eigenvalue weighted by Gasteiger charge is -2.14. The van der Waals surface area contributed by atoms with Gasteiger partial charge in [-0.25, -0.2) is 4.79 Å². The van der Waals surface area contributed by atoms with Crippen LogP contribution < -0.4 is 20.3 Å². The standard InChI is InChI=1S/C30H33N3O5/c1-5-6-19-38-26-17-11-22(12-18-26)28(34)32-27(20-21-7-15-25(16-8-21)33(2)3)29(35)31-24-13-9-23(10-14-24)30(36)37-4/h7-18,20H,5-6,19H2,1-4H3,(H,31,35)(H,32,34)/b27-20+.